The fourth-order valence-electron chi connectivity index (χ4n) is 3.42. The summed E-state index contributed by atoms with van der Waals surface area (Å²) < 4.78 is 5.28. The highest BCUT2D eigenvalue weighted by Gasteiger charge is 2.21. The largest absolute Gasteiger partial charge is 0.467 e. The fourth-order valence-corrected chi connectivity index (χ4v) is 4.65. The molecular formula is C25H17ClN2O2S. The predicted octanol–water partition coefficient (Wildman–Crippen LogP) is 6.50. The first-order valence-electron chi connectivity index (χ1n) is 9.74. The number of amides is 1. The quantitative estimate of drug-likeness (QED) is 0.344. The maximum atomic E-state index is 12.7. The van der Waals surface area contributed by atoms with Gasteiger partial charge in [0.2, 0.25) is 0 Å². The molecule has 3 aromatic carbocycles. The molecule has 0 fully saturated rings. The number of hydrogen-bond acceptors (Lipinski definition) is 4. The fraction of sp³-hybridized carbons (Fsp3) is 0.0400. The molecule has 152 valence electrons. The third-order valence-electron chi connectivity index (χ3n) is 4.95. The van der Waals surface area contributed by atoms with Crippen molar-refractivity contribution in [3.8, 4) is 0 Å². The minimum Gasteiger partial charge on any atom is -0.467 e. The molecule has 31 heavy (non-hydrogen) atoms. The van der Waals surface area contributed by atoms with E-state index in [4.69, 9.17) is 21.0 Å². The first-order valence-corrected chi connectivity index (χ1v) is 10.9. The van der Waals surface area contributed by atoms with Crippen LogP contribution in [0.1, 0.15) is 27.2 Å². The van der Waals surface area contributed by atoms with Crippen LogP contribution < -0.4 is 5.32 Å². The van der Waals surface area contributed by atoms with Gasteiger partial charge in [-0.1, -0.05) is 59.8 Å². The molecule has 0 spiro atoms. The molecule has 1 aromatic heterocycles. The van der Waals surface area contributed by atoms with Crippen molar-refractivity contribution in [3.05, 3.63) is 113 Å². The third kappa shape index (κ3) is 4.02. The van der Waals surface area contributed by atoms with E-state index in [1.165, 1.54) is 0 Å². The summed E-state index contributed by atoms with van der Waals surface area (Å²) in [6.07, 6.45) is 1.59. The molecule has 1 aliphatic rings. The SMILES string of the molecule is O=C(NCc1ccco1)c1ccc2c(c1)N=C(c1ccccc1Cl)c1ccccc1S2. The van der Waals surface area contributed by atoms with Crippen molar-refractivity contribution in [2.24, 2.45) is 4.99 Å². The van der Waals surface area contributed by atoms with E-state index >= 15 is 0 Å². The van der Waals surface area contributed by atoms with Gasteiger partial charge in [0.05, 0.1) is 24.2 Å². The summed E-state index contributed by atoms with van der Waals surface area (Å²) in [5, 5.41) is 3.52. The van der Waals surface area contributed by atoms with Gasteiger partial charge in [-0.15, -0.1) is 0 Å². The Morgan fingerprint density at radius 1 is 0.935 bits per heavy atom. The van der Waals surface area contributed by atoms with Gasteiger partial charge in [-0.3, -0.25) is 4.79 Å². The maximum Gasteiger partial charge on any atom is 0.251 e. The molecule has 1 N–H and O–H groups in total. The monoisotopic (exact) mass is 444 g/mol. The molecule has 6 heteroatoms. The molecule has 0 unspecified atom stereocenters. The third-order valence-corrected chi connectivity index (χ3v) is 6.42. The molecule has 4 nitrogen and oxygen atoms in total. The number of rotatable bonds is 4. The lowest BCUT2D eigenvalue weighted by Gasteiger charge is -2.10. The van der Waals surface area contributed by atoms with Gasteiger partial charge < -0.3 is 9.73 Å². The number of nitrogens with zero attached hydrogens (tertiary/aromatic N) is 1. The van der Waals surface area contributed by atoms with Crippen molar-refractivity contribution in [3.63, 3.8) is 0 Å². The van der Waals surface area contributed by atoms with Gasteiger partial charge in [-0.25, -0.2) is 4.99 Å². The number of hydrogen-bond donors (Lipinski definition) is 1. The minimum absolute atomic E-state index is 0.180. The molecule has 0 bridgehead atoms. The first-order chi connectivity index (χ1) is 15.2. The molecule has 0 saturated heterocycles. The number of halogens is 1. The molecule has 0 radical (unpaired) electrons. The highest BCUT2D eigenvalue weighted by molar-refractivity contribution is 7.99. The molecule has 1 amide bonds. The second kappa shape index (κ2) is 8.46. The summed E-state index contributed by atoms with van der Waals surface area (Å²) in [4.78, 5) is 19.8. The average molecular weight is 445 g/mol. The number of nitrogens with one attached hydrogen (secondary N) is 1. The van der Waals surface area contributed by atoms with Crippen molar-refractivity contribution < 1.29 is 9.21 Å². The zero-order chi connectivity index (χ0) is 21.2. The van der Waals surface area contributed by atoms with Crippen LogP contribution in [-0.4, -0.2) is 11.6 Å². The van der Waals surface area contributed by atoms with Crippen molar-refractivity contribution in [1.82, 2.24) is 5.32 Å². The van der Waals surface area contributed by atoms with Crippen LogP contribution in [0.5, 0.6) is 0 Å². The van der Waals surface area contributed by atoms with Crippen molar-refractivity contribution in [2.75, 3.05) is 0 Å². The molecular weight excluding hydrogens is 428 g/mol. The highest BCUT2D eigenvalue weighted by Crippen LogP contribution is 2.42. The summed E-state index contributed by atoms with van der Waals surface area (Å²) in [6.45, 7) is 0.331. The predicted molar refractivity (Wildman–Crippen MR) is 124 cm³/mol. The second-order valence-electron chi connectivity index (χ2n) is 6.98. The number of benzene rings is 3. The van der Waals surface area contributed by atoms with Crippen LogP contribution in [0.3, 0.4) is 0 Å². The van der Waals surface area contributed by atoms with Gasteiger partial charge in [0.15, 0.2) is 0 Å². The molecule has 0 aliphatic carbocycles. The van der Waals surface area contributed by atoms with E-state index in [2.05, 4.69) is 11.4 Å². The molecule has 5 rings (SSSR count). The van der Waals surface area contributed by atoms with Gasteiger partial charge in [-0.2, -0.15) is 0 Å². The summed E-state index contributed by atoms with van der Waals surface area (Å²) >= 11 is 8.15. The Morgan fingerprint density at radius 2 is 1.74 bits per heavy atom. The van der Waals surface area contributed by atoms with Crippen LogP contribution in [0.2, 0.25) is 5.02 Å². The summed E-state index contributed by atoms with van der Waals surface area (Å²) in [5.74, 6) is 0.522. The van der Waals surface area contributed by atoms with Crippen molar-refractivity contribution in [1.29, 1.82) is 0 Å². The van der Waals surface area contributed by atoms with Crippen LogP contribution in [-0.2, 0) is 6.54 Å². The van der Waals surface area contributed by atoms with Crippen LogP contribution in [0.15, 0.2) is 104 Å². The molecule has 0 atom stereocenters. The Labute approximate surface area is 189 Å². The second-order valence-corrected chi connectivity index (χ2v) is 8.47. The van der Waals surface area contributed by atoms with E-state index in [1.807, 2.05) is 66.7 Å². The standard InChI is InChI=1S/C25H17ClN2O2S/c26-20-9-3-1-7-18(20)24-19-8-2-4-10-22(19)31-23-12-11-16(14-21(23)28-24)25(29)27-15-17-6-5-13-30-17/h1-14H,15H2,(H,27,29). The number of furan rings is 1. The zero-order valence-corrected chi connectivity index (χ0v) is 17.9. The lowest BCUT2D eigenvalue weighted by molar-refractivity contribution is 0.0948. The number of carbonyl (C=O) groups is 1. The number of aliphatic imine (C=N–C) groups is 1. The number of carbonyl (C=O) groups excluding carboxylic acids is 1. The van der Waals surface area contributed by atoms with E-state index in [0.29, 0.717) is 22.9 Å². The topological polar surface area (TPSA) is 54.6 Å². The van der Waals surface area contributed by atoms with Gasteiger partial charge in [0.25, 0.3) is 5.91 Å². The minimum atomic E-state index is -0.180. The zero-order valence-electron chi connectivity index (χ0n) is 16.3. The lowest BCUT2D eigenvalue weighted by Crippen LogP contribution is -2.22. The summed E-state index contributed by atoms with van der Waals surface area (Å²) in [5.41, 5.74) is 3.94. The highest BCUT2D eigenvalue weighted by atomic mass is 35.5. The van der Waals surface area contributed by atoms with E-state index in [0.717, 1.165) is 32.3 Å². The van der Waals surface area contributed by atoms with Crippen LogP contribution in [0.4, 0.5) is 5.69 Å². The lowest BCUT2D eigenvalue weighted by atomic mass is 10.0. The van der Waals surface area contributed by atoms with Crippen molar-refractivity contribution >= 4 is 40.7 Å². The van der Waals surface area contributed by atoms with Gasteiger partial charge in [0.1, 0.15) is 5.76 Å². The van der Waals surface area contributed by atoms with E-state index in [-0.39, 0.29) is 5.91 Å². The summed E-state index contributed by atoms with van der Waals surface area (Å²) in [7, 11) is 0. The van der Waals surface area contributed by atoms with Gasteiger partial charge in [-0.05, 0) is 42.5 Å². The van der Waals surface area contributed by atoms with Crippen LogP contribution >= 0.6 is 23.4 Å². The molecule has 4 aromatic rings. The van der Waals surface area contributed by atoms with E-state index in [1.54, 1.807) is 24.1 Å². The smallest absolute Gasteiger partial charge is 0.251 e. The Bertz CT molecular complexity index is 1300. The van der Waals surface area contributed by atoms with Crippen LogP contribution in [0, 0.1) is 0 Å². The average Bonchev–Trinajstić information content (AvgIpc) is 3.26. The Balaban J connectivity index is 1.56. The molecule has 2 heterocycles. The van der Waals surface area contributed by atoms with Gasteiger partial charge >= 0.3 is 0 Å². The number of fused-ring (bicyclic) bond motifs is 2. The first kappa shape index (κ1) is 19.7. The molecule has 1 aliphatic heterocycles. The maximum absolute atomic E-state index is 12.7. The molecule has 0 saturated carbocycles. The Hall–Kier alpha value is -3.28. The van der Waals surface area contributed by atoms with Crippen LogP contribution in [0.25, 0.3) is 0 Å². The van der Waals surface area contributed by atoms with Gasteiger partial charge in [0, 0.05) is 31.5 Å². The Kier molecular flexibility index (Phi) is 5.37. The van der Waals surface area contributed by atoms with E-state index in [9.17, 15) is 4.79 Å². The van der Waals surface area contributed by atoms with E-state index < -0.39 is 0 Å². The normalized spacial score (nSPS) is 12.4. The summed E-state index contributed by atoms with van der Waals surface area (Å²) in [6, 6.07) is 25.0. The van der Waals surface area contributed by atoms with Crippen molar-refractivity contribution in [2.45, 2.75) is 16.3 Å². The Morgan fingerprint density at radius 3 is 2.55 bits per heavy atom.